The smallest absolute Gasteiger partial charge is 0.0449 e. The van der Waals surface area contributed by atoms with Crippen molar-refractivity contribution in [2.45, 2.75) is 6.92 Å². The van der Waals surface area contributed by atoms with E-state index in [9.17, 15) is 4.21 Å². The number of benzene rings is 1. The summed E-state index contributed by atoms with van der Waals surface area (Å²) in [6, 6.07) is 6.07. The molecule has 0 unspecified atom stereocenters. The van der Waals surface area contributed by atoms with Crippen LogP contribution in [-0.2, 0) is 10.8 Å². The average Bonchev–Trinajstić information content (AvgIpc) is 2.40. The van der Waals surface area contributed by atoms with Gasteiger partial charge in [0.1, 0.15) is 0 Å². The van der Waals surface area contributed by atoms with Gasteiger partial charge in [-0.05, 0) is 25.1 Å². The van der Waals surface area contributed by atoms with E-state index >= 15 is 0 Å². The summed E-state index contributed by atoms with van der Waals surface area (Å²) >= 11 is 0. The van der Waals surface area contributed by atoms with E-state index in [2.05, 4.69) is 22.0 Å². The number of nitrogens with zero attached hydrogens (tertiary/aromatic N) is 2. The summed E-state index contributed by atoms with van der Waals surface area (Å²) in [5.74, 6) is 1.49. The molecule has 0 bridgehead atoms. The number of fused-ring (bicyclic) bond motifs is 1. The number of aromatic nitrogens is 1. The Morgan fingerprint density at radius 3 is 2.74 bits per heavy atom. The molecule has 1 aromatic carbocycles. The van der Waals surface area contributed by atoms with E-state index in [-0.39, 0.29) is 0 Å². The van der Waals surface area contributed by atoms with Gasteiger partial charge < -0.3 is 10.6 Å². The van der Waals surface area contributed by atoms with Gasteiger partial charge in [-0.2, -0.15) is 0 Å². The van der Waals surface area contributed by atoms with Crippen LogP contribution < -0.4 is 10.6 Å². The monoisotopic (exact) mass is 275 g/mol. The highest BCUT2D eigenvalue weighted by Gasteiger charge is 2.18. The summed E-state index contributed by atoms with van der Waals surface area (Å²) in [5.41, 5.74) is 8.93. The number of nitrogens with two attached hydrogens (primary N) is 1. The third-order valence-electron chi connectivity index (χ3n) is 3.57. The molecule has 0 spiro atoms. The maximum absolute atomic E-state index is 11.5. The van der Waals surface area contributed by atoms with E-state index in [0.29, 0.717) is 0 Å². The molecule has 1 fully saturated rings. The summed E-state index contributed by atoms with van der Waals surface area (Å²) in [5, 5.41) is 2.13. The van der Waals surface area contributed by atoms with Crippen LogP contribution in [0.3, 0.4) is 0 Å². The molecule has 1 aliphatic heterocycles. The topological polar surface area (TPSA) is 59.2 Å². The summed E-state index contributed by atoms with van der Waals surface area (Å²) in [7, 11) is -0.656. The molecule has 0 saturated carbocycles. The van der Waals surface area contributed by atoms with Crippen LogP contribution in [0, 0.1) is 6.92 Å². The van der Waals surface area contributed by atoms with E-state index in [1.807, 2.05) is 19.2 Å². The largest absolute Gasteiger partial charge is 0.398 e. The second-order valence-corrected chi connectivity index (χ2v) is 6.58. The van der Waals surface area contributed by atoms with Gasteiger partial charge in [-0.1, -0.05) is 0 Å². The standard InChI is InChI=1S/C14H17N3OS/c1-10-8-11-12(9-16-10)13(15)2-3-14(11)17-4-6-19(18)7-5-17/h2-3,8-9H,4-7,15H2,1H3. The summed E-state index contributed by atoms with van der Waals surface area (Å²) in [6.07, 6.45) is 1.84. The molecular formula is C14H17N3OS. The molecule has 100 valence electrons. The second kappa shape index (κ2) is 4.81. The molecule has 1 aromatic heterocycles. The fourth-order valence-electron chi connectivity index (χ4n) is 2.50. The van der Waals surface area contributed by atoms with Gasteiger partial charge in [0.05, 0.1) is 0 Å². The Morgan fingerprint density at radius 1 is 1.26 bits per heavy atom. The molecule has 2 heterocycles. The lowest BCUT2D eigenvalue weighted by atomic mass is 10.1. The van der Waals surface area contributed by atoms with Crippen molar-refractivity contribution in [2.75, 3.05) is 35.2 Å². The zero-order valence-corrected chi connectivity index (χ0v) is 11.7. The van der Waals surface area contributed by atoms with Crippen molar-refractivity contribution in [2.24, 2.45) is 0 Å². The van der Waals surface area contributed by atoms with Gasteiger partial charge in [-0.15, -0.1) is 0 Å². The van der Waals surface area contributed by atoms with Gasteiger partial charge in [0.2, 0.25) is 0 Å². The molecular weight excluding hydrogens is 258 g/mol. The fourth-order valence-corrected chi connectivity index (χ4v) is 3.56. The van der Waals surface area contributed by atoms with Gasteiger partial charge in [0.25, 0.3) is 0 Å². The van der Waals surface area contributed by atoms with Crippen molar-refractivity contribution < 1.29 is 4.21 Å². The third-order valence-corrected chi connectivity index (χ3v) is 4.84. The lowest BCUT2D eigenvalue weighted by Crippen LogP contribution is -2.37. The van der Waals surface area contributed by atoms with Crippen molar-refractivity contribution in [1.29, 1.82) is 0 Å². The summed E-state index contributed by atoms with van der Waals surface area (Å²) in [6.45, 7) is 3.66. The first kappa shape index (κ1) is 12.4. The summed E-state index contributed by atoms with van der Waals surface area (Å²) in [4.78, 5) is 6.61. The van der Waals surface area contributed by atoms with Gasteiger partial charge in [-0.25, -0.2) is 0 Å². The molecule has 0 atom stereocenters. The zero-order chi connectivity index (χ0) is 13.4. The minimum absolute atomic E-state index is 0.656. The van der Waals surface area contributed by atoms with Crippen molar-refractivity contribution in [3.05, 3.63) is 30.1 Å². The first-order valence-electron chi connectivity index (χ1n) is 6.40. The molecule has 2 N–H and O–H groups in total. The highest BCUT2D eigenvalue weighted by molar-refractivity contribution is 7.85. The molecule has 4 nitrogen and oxygen atoms in total. The Hall–Kier alpha value is -1.62. The fraction of sp³-hybridized carbons (Fsp3) is 0.357. The Labute approximate surface area is 115 Å². The SMILES string of the molecule is Cc1cc2c(N3CCS(=O)CC3)ccc(N)c2cn1. The van der Waals surface area contributed by atoms with Gasteiger partial charge >= 0.3 is 0 Å². The number of hydrogen-bond acceptors (Lipinski definition) is 4. The van der Waals surface area contributed by atoms with E-state index in [1.54, 1.807) is 0 Å². The van der Waals surface area contributed by atoms with E-state index in [1.165, 1.54) is 5.69 Å². The van der Waals surface area contributed by atoms with Crippen LogP contribution in [0.15, 0.2) is 24.4 Å². The van der Waals surface area contributed by atoms with E-state index in [0.717, 1.165) is 46.7 Å². The van der Waals surface area contributed by atoms with Crippen LogP contribution in [0.25, 0.3) is 10.8 Å². The second-order valence-electron chi connectivity index (χ2n) is 4.88. The Balaban J connectivity index is 2.10. The molecule has 0 radical (unpaired) electrons. The van der Waals surface area contributed by atoms with Crippen LogP contribution in [0.2, 0.25) is 0 Å². The number of pyridine rings is 1. The number of anilines is 2. The maximum Gasteiger partial charge on any atom is 0.0449 e. The van der Waals surface area contributed by atoms with Crippen LogP contribution in [0.4, 0.5) is 11.4 Å². The van der Waals surface area contributed by atoms with Crippen LogP contribution >= 0.6 is 0 Å². The Kier molecular flexibility index (Phi) is 3.14. The van der Waals surface area contributed by atoms with Gasteiger partial charge in [0.15, 0.2) is 0 Å². The van der Waals surface area contributed by atoms with Gasteiger partial charge in [-0.3, -0.25) is 9.19 Å². The summed E-state index contributed by atoms with van der Waals surface area (Å²) < 4.78 is 11.5. The molecule has 0 amide bonds. The highest BCUT2D eigenvalue weighted by Crippen LogP contribution is 2.31. The maximum atomic E-state index is 11.5. The van der Waals surface area contributed by atoms with Crippen molar-refractivity contribution >= 4 is 32.9 Å². The molecule has 19 heavy (non-hydrogen) atoms. The average molecular weight is 275 g/mol. The zero-order valence-electron chi connectivity index (χ0n) is 10.9. The number of rotatable bonds is 1. The van der Waals surface area contributed by atoms with E-state index < -0.39 is 10.8 Å². The third kappa shape index (κ3) is 2.30. The van der Waals surface area contributed by atoms with Crippen molar-refractivity contribution in [3.8, 4) is 0 Å². The minimum Gasteiger partial charge on any atom is -0.398 e. The lowest BCUT2D eigenvalue weighted by Gasteiger charge is -2.29. The first-order chi connectivity index (χ1) is 9.15. The van der Waals surface area contributed by atoms with Crippen LogP contribution in [0.1, 0.15) is 5.69 Å². The quantitative estimate of drug-likeness (QED) is 0.805. The van der Waals surface area contributed by atoms with Crippen molar-refractivity contribution in [1.82, 2.24) is 4.98 Å². The molecule has 0 aliphatic carbocycles. The van der Waals surface area contributed by atoms with Gasteiger partial charge in [0, 0.05) is 69.4 Å². The number of aryl methyl sites for hydroxylation is 1. The molecule has 1 saturated heterocycles. The lowest BCUT2D eigenvalue weighted by molar-refractivity contribution is 0.673. The predicted octanol–water partition coefficient (Wildman–Crippen LogP) is 1.69. The number of hydrogen-bond donors (Lipinski definition) is 1. The Morgan fingerprint density at radius 2 is 2.00 bits per heavy atom. The normalized spacial score (nSPS) is 17.0. The Bertz CT molecular complexity index is 646. The minimum atomic E-state index is -0.656. The molecule has 5 heteroatoms. The van der Waals surface area contributed by atoms with E-state index in [4.69, 9.17) is 5.73 Å². The predicted molar refractivity (Wildman–Crippen MR) is 81.0 cm³/mol. The number of nitrogen functional groups attached to an aromatic ring is 1. The highest BCUT2D eigenvalue weighted by atomic mass is 32.2. The van der Waals surface area contributed by atoms with Crippen molar-refractivity contribution in [3.63, 3.8) is 0 Å². The first-order valence-corrected chi connectivity index (χ1v) is 7.89. The molecule has 3 rings (SSSR count). The molecule has 1 aliphatic rings. The van der Waals surface area contributed by atoms with Crippen LogP contribution in [-0.4, -0.2) is 33.8 Å². The molecule has 2 aromatic rings. The van der Waals surface area contributed by atoms with Crippen LogP contribution in [0.5, 0.6) is 0 Å².